The van der Waals surface area contributed by atoms with E-state index in [4.69, 9.17) is 9.47 Å². The molecule has 38 heavy (non-hydrogen) atoms. The fourth-order valence-electron chi connectivity index (χ4n) is 4.42. The summed E-state index contributed by atoms with van der Waals surface area (Å²) in [5.41, 5.74) is 5.25. The lowest BCUT2D eigenvalue weighted by atomic mass is 10.0. The zero-order valence-corrected chi connectivity index (χ0v) is 21.9. The Hall–Kier alpha value is -4.82. The standard InChI is InChI=1S/C33H30N2O3/c1-5-9-26-17-24(18-28(20-34)33(36)35-30-15-14-22(2)16-23(30)3)19-31(37-4)32(26)38-21-27-12-8-11-25-10-6-7-13-29(25)27/h5-8,10-19H,1,9,21H2,2-4H3,(H,35,36)/b28-18+. The van der Waals surface area contributed by atoms with E-state index in [2.05, 4.69) is 30.1 Å². The third kappa shape index (κ3) is 5.93. The van der Waals surface area contributed by atoms with Crippen molar-refractivity contribution in [1.82, 2.24) is 0 Å². The molecule has 0 saturated heterocycles. The van der Waals surface area contributed by atoms with Gasteiger partial charge >= 0.3 is 0 Å². The minimum absolute atomic E-state index is 0.0130. The summed E-state index contributed by atoms with van der Waals surface area (Å²) >= 11 is 0. The quantitative estimate of drug-likeness (QED) is 0.148. The number of carbonyl (C=O) groups is 1. The Labute approximate surface area is 223 Å². The number of amides is 1. The lowest BCUT2D eigenvalue weighted by Crippen LogP contribution is -2.14. The summed E-state index contributed by atoms with van der Waals surface area (Å²) in [4.78, 5) is 12.9. The number of benzene rings is 4. The molecule has 4 rings (SSSR count). The molecule has 190 valence electrons. The van der Waals surface area contributed by atoms with Crippen molar-refractivity contribution in [3.63, 3.8) is 0 Å². The summed E-state index contributed by atoms with van der Waals surface area (Å²) in [7, 11) is 1.57. The van der Waals surface area contributed by atoms with Crippen LogP contribution in [0.3, 0.4) is 0 Å². The smallest absolute Gasteiger partial charge is 0.266 e. The van der Waals surface area contributed by atoms with Crippen LogP contribution in [-0.4, -0.2) is 13.0 Å². The van der Waals surface area contributed by atoms with Gasteiger partial charge in [-0.3, -0.25) is 4.79 Å². The Morgan fingerprint density at radius 2 is 1.82 bits per heavy atom. The molecule has 5 heteroatoms. The van der Waals surface area contributed by atoms with Gasteiger partial charge in [-0.15, -0.1) is 6.58 Å². The second-order valence-electron chi connectivity index (χ2n) is 9.07. The molecule has 1 amide bonds. The summed E-state index contributed by atoms with van der Waals surface area (Å²) in [5.74, 6) is 0.651. The number of nitrogens with zero attached hydrogens (tertiary/aromatic N) is 1. The number of aryl methyl sites for hydroxylation is 2. The number of ether oxygens (including phenoxy) is 2. The van der Waals surface area contributed by atoms with E-state index in [1.54, 1.807) is 25.3 Å². The number of fused-ring (bicyclic) bond motifs is 1. The Bertz CT molecular complexity index is 1570. The maximum Gasteiger partial charge on any atom is 0.266 e. The Morgan fingerprint density at radius 1 is 1.03 bits per heavy atom. The first kappa shape index (κ1) is 26.2. The largest absolute Gasteiger partial charge is 0.493 e. The van der Waals surface area contributed by atoms with E-state index in [9.17, 15) is 10.1 Å². The van der Waals surface area contributed by atoms with Gasteiger partial charge in [0.15, 0.2) is 11.5 Å². The van der Waals surface area contributed by atoms with E-state index >= 15 is 0 Å². The number of rotatable bonds is 9. The number of hydrogen-bond donors (Lipinski definition) is 1. The molecule has 0 saturated carbocycles. The lowest BCUT2D eigenvalue weighted by Gasteiger charge is -2.17. The van der Waals surface area contributed by atoms with E-state index in [0.29, 0.717) is 35.8 Å². The number of hydrogen-bond acceptors (Lipinski definition) is 4. The normalized spacial score (nSPS) is 11.1. The number of nitrogens with one attached hydrogen (secondary N) is 1. The highest BCUT2D eigenvalue weighted by Crippen LogP contribution is 2.35. The van der Waals surface area contributed by atoms with Crippen molar-refractivity contribution >= 4 is 28.4 Å². The summed E-state index contributed by atoms with van der Waals surface area (Å²) < 4.78 is 12.0. The maximum atomic E-state index is 12.9. The lowest BCUT2D eigenvalue weighted by molar-refractivity contribution is -0.112. The van der Waals surface area contributed by atoms with Crippen LogP contribution in [0.2, 0.25) is 0 Å². The number of carbonyl (C=O) groups excluding carboxylic acids is 1. The summed E-state index contributed by atoms with van der Waals surface area (Å²) in [6.45, 7) is 8.15. The van der Waals surface area contributed by atoms with Crippen LogP contribution in [0.25, 0.3) is 16.8 Å². The monoisotopic (exact) mass is 502 g/mol. The molecule has 4 aromatic rings. The molecule has 0 aliphatic carbocycles. The second-order valence-corrected chi connectivity index (χ2v) is 9.07. The van der Waals surface area contributed by atoms with E-state index in [-0.39, 0.29) is 5.57 Å². The van der Waals surface area contributed by atoms with Crippen LogP contribution in [0.1, 0.15) is 27.8 Å². The van der Waals surface area contributed by atoms with Crippen LogP contribution in [0, 0.1) is 25.2 Å². The van der Waals surface area contributed by atoms with Crippen LogP contribution in [0.4, 0.5) is 5.69 Å². The summed E-state index contributed by atoms with van der Waals surface area (Å²) in [6, 6.07) is 25.8. The molecule has 0 unspecified atom stereocenters. The zero-order valence-electron chi connectivity index (χ0n) is 21.9. The van der Waals surface area contributed by atoms with Gasteiger partial charge in [0, 0.05) is 11.3 Å². The van der Waals surface area contributed by atoms with E-state index in [0.717, 1.165) is 33.0 Å². The van der Waals surface area contributed by atoms with Crippen molar-refractivity contribution < 1.29 is 14.3 Å². The fourth-order valence-corrected chi connectivity index (χ4v) is 4.42. The molecular weight excluding hydrogens is 472 g/mol. The minimum atomic E-state index is -0.472. The molecule has 0 fully saturated rings. The van der Waals surface area contributed by atoms with Gasteiger partial charge < -0.3 is 14.8 Å². The molecule has 0 aromatic heterocycles. The van der Waals surface area contributed by atoms with Gasteiger partial charge in [-0.2, -0.15) is 5.26 Å². The van der Waals surface area contributed by atoms with Crippen molar-refractivity contribution in [2.24, 2.45) is 0 Å². The highest BCUT2D eigenvalue weighted by Gasteiger charge is 2.16. The minimum Gasteiger partial charge on any atom is -0.493 e. The van der Waals surface area contributed by atoms with Crippen molar-refractivity contribution in [2.45, 2.75) is 26.9 Å². The summed E-state index contributed by atoms with van der Waals surface area (Å²) in [6.07, 6.45) is 3.87. The van der Waals surface area contributed by atoms with E-state index in [1.807, 2.05) is 68.4 Å². The van der Waals surface area contributed by atoms with Crippen molar-refractivity contribution in [1.29, 1.82) is 5.26 Å². The molecule has 4 aromatic carbocycles. The zero-order chi connectivity index (χ0) is 27.1. The second kappa shape index (κ2) is 11.9. The molecule has 0 aliphatic heterocycles. The number of anilines is 1. The van der Waals surface area contributed by atoms with Crippen LogP contribution in [0.15, 0.2) is 91.0 Å². The van der Waals surface area contributed by atoms with Crippen LogP contribution in [0.5, 0.6) is 11.5 Å². The maximum absolute atomic E-state index is 12.9. The first-order valence-corrected chi connectivity index (χ1v) is 12.3. The number of allylic oxidation sites excluding steroid dienone is 1. The van der Waals surface area contributed by atoms with E-state index in [1.165, 1.54) is 0 Å². The third-order valence-corrected chi connectivity index (χ3v) is 6.30. The van der Waals surface area contributed by atoms with Gasteiger partial charge in [0.2, 0.25) is 0 Å². The van der Waals surface area contributed by atoms with Gasteiger partial charge in [-0.05, 0) is 72.0 Å². The molecule has 0 spiro atoms. The SMILES string of the molecule is C=CCc1cc(/C=C(\C#N)C(=O)Nc2ccc(C)cc2C)cc(OC)c1OCc1cccc2ccccc12. The number of methoxy groups -OCH3 is 1. The highest BCUT2D eigenvalue weighted by atomic mass is 16.5. The summed E-state index contributed by atoms with van der Waals surface area (Å²) in [5, 5.41) is 14.9. The van der Waals surface area contributed by atoms with Crippen molar-refractivity contribution in [2.75, 3.05) is 12.4 Å². The first-order chi connectivity index (χ1) is 18.4. The Kier molecular flexibility index (Phi) is 8.25. The Balaban J connectivity index is 1.64. The van der Waals surface area contributed by atoms with Gasteiger partial charge in [0.25, 0.3) is 5.91 Å². The molecule has 0 bridgehead atoms. The third-order valence-electron chi connectivity index (χ3n) is 6.30. The predicted molar refractivity (Wildman–Crippen MR) is 153 cm³/mol. The molecule has 1 N–H and O–H groups in total. The molecular formula is C33H30N2O3. The average Bonchev–Trinajstić information content (AvgIpc) is 2.92. The van der Waals surface area contributed by atoms with Crippen molar-refractivity contribution in [3.8, 4) is 17.6 Å². The molecule has 0 atom stereocenters. The number of nitriles is 1. The van der Waals surface area contributed by atoms with E-state index < -0.39 is 5.91 Å². The molecule has 0 heterocycles. The van der Waals surface area contributed by atoms with Gasteiger partial charge in [-0.1, -0.05) is 66.2 Å². The van der Waals surface area contributed by atoms with Gasteiger partial charge in [0.1, 0.15) is 18.2 Å². The van der Waals surface area contributed by atoms with Crippen LogP contribution >= 0.6 is 0 Å². The first-order valence-electron chi connectivity index (χ1n) is 12.3. The fraction of sp³-hybridized carbons (Fsp3) is 0.152. The van der Waals surface area contributed by atoms with Crippen LogP contribution in [-0.2, 0) is 17.8 Å². The average molecular weight is 503 g/mol. The van der Waals surface area contributed by atoms with Gasteiger partial charge in [-0.25, -0.2) is 0 Å². The molecule has 5 nitrogen and oxygen atoms in total. The predicted octanol–water partition coefficient (Wildman–Crippen LogP) is 7.32. The van der Waals surface area contributed by atoms with Gasteiger partial charge in [0.05, 0.1) is 7.11 Å². The molecule has 0 aliphatic rings. The van der Waals surface area contributed by atoms with Crippen LogP contribution < -0.4 is 14.8 Å². The Morgan fingerprint density at radius 3 is 2.55 bits per heavy atom. The molecule has 0 radical (unpaired) electrons. The van der Waals surface area contributed by atoms with Crippen molar-refractivity contribution in [3.05, 3.63) is 119 Å². The highest BCUT2D eigenvalue weighted by molar-refractivity contribution is 6.10. The topological polar surface area (TPSA) is 71.4 Å².